The molecule has 2 heteroatoms. The molecule has 2 aromatic rings. The third kappa shape index (κ3) is 5.23. The van der Waals surface area contributed by atoms with Crippen molar-refractivity contribution in [3.63, 3.8) is 0 Å². The highest BCUT2D eigenvalue weighted by molar-refractivity contribution is 5.47. The van der Waals surface area contributed by atoms with Crippen LogP contribution in [0.15, 0.2) is 67.3 Å². The average molecular weight is 364 g/mol. The number of aryl methyl sites for hydroxylation is 1. The standard InChI is InChI=1S/C25H33NO/c1-3-19-26(2)24-14-12-22(13-15-24)20-23-11-7-8-17-25(23,27)18-16-21-9-5-4-6-10-21/h3-6,9-10,12-15,23,27H,1,7-8,11,16-20H2,2H3. The van der Waals surface area contributed by atoms with Crippen molar-refractivity contribution in [2.45, 2.75) is 50.5 Å². The maximum absolute atomic E-state index is 11.4. The van der Waals surface area contributed by atoms with E-state index in [2.05, 4.69) is 73.1 Å². The molecule has 1 N–H and O–H groups in total. The van der Waals surface area contributed by atoms with Gasteiger partial charge in [0.2, 0.25) is 0 Å². The molecule has 1 fully saturated rings. The monoisotopic (exact) mass is 363 g/mol. The Hall–Kier alpha value is -2.06. The van der Waals surface area contributed by atoms with Gasteiger partial charge in [0, 0.05) is 19.3 Å². The number of anilines is 1. The summed E-state index contributed by atoms with van der Waals surface area (Å²) in [5.74, 6) is 0.353. The number of hydrogen-bond acceptors (Lipinski definition) is 2. The van der Waals surface area contributed by atoms with E-state index in [0.29, 0.717) is 5.92 Å². The van der Waals surface area contributed by atoms with Gasteiger partial charge >= 0.3 is 0 Å². The van der Waals surface area contributed by atoms with Gasteiger partial charge < -0.3 is 10.0 Å². The van der Waals surface area contributed by atoms with Crippen LogP contribution in [0, 0.1) is 5.92 Å². The van der Waals surface area contributed by atoms with Crippen LogP contribution in [0.3, 0.4) is 0 Å². The number of hydrogen-bond donors (Lipinski definition) is 1. The summed E-state index contributed by atoms with van der Waals surface area (Å²) in [5, 5.41) is 11.4. The van der Waals surface area contributed by atoms with Crippen molar-refractivity contribution < 1.29 is 5.11 Å². The van der Waals surface area contributed by atoms with Crippen molar-refractivity contribution in [1.29, 1.82) is 0 Å². The first kappa shape index (κ1) is 19.7. The second-order valence-corrected chi connectivity index (χ2v) is 8.07. The molecule has 1 aliphatic carbocycles. The molecule has 0 saturated heterocycles. The topological polar surface area (TPSA) is 23.5 Å². The molecule has 0 bridgehead atoms. The van der Waals surface area contributed by atoms with E-state index in [1.165, 1.54) is 23.2 Å². The summed E-state index contributed by atoms with van der Waals surface area (Å²) < 4.78 is 0. The van der Waals surface area contributed by atoms with Gasteiger partial charge in [-0.15, -0.1) is 6.58 Å². The molecule has 1 aliphatic rings. The molecule has 2 aromatic carbocycles. The molecule has 144 valence electrons. The molecule has 1 saturated carbocycles. The van der Waals surface area contributed by atoms with Crippen molar-refractivity contribution in [1.82, 2.24) is 0 Å². The molecular weight excluding hydrogens is 330 g/mol. The SMILES string of the molecule is C=CCN(C)c1ccc(CC2CCCCC2(O)CCc2ccccc2)cc1. The van der Waals surface area contributed by atoms with Crippen LogP contribution in [-0.4, -0.2) is 24.3 Å². The Bertz CT molecular complexity index is 709. The van der Waals surface area contributed by atoms with E-state index >= 15 is 0 Å². The lowest BCUT2D eigenvalue weighted by atomic mass is 9.70. The maximum atomic E-state index is 11.4. The first-order valence-corrected chi connectivity index (χ1v) is 10.3. The molecule has 0 spiro atoms. The third-order valence-corrected chi connectivity index (χ3v) is 6.12. The fraction of sp³-hybridized carbons (Fsp3) is 0.440. The Morgan fingerprint density at radius 2 is 1.81 bits per heavy atom. The lowest BCUT2D eigenvalue weighted by Crippen LogP contribution is -2.42. The average Bonchev–Trinajstić information content (AvgIpc) is 2.70. The van der Waals surface area contributed by atoms with Crippen molar-refractivity contribution in [2.24, 2.45) is 5.92 Å². The zero-order valence-electron chi connectivity index (χ0n) is 16.6. The van der Waals surface area contributed by atoms with E-state index in [9.17, 15) is 5.11 Å². The Balaban J connectivity index is 1.65. The fourth-order valence-electron chi connectivity index (χ4n) is 4.39. The maximum Gasteiger partial charge on any atom is 0.0682 e. The fourth-order valence-corrected chi connectivity index (χ4v) is 4.39. The minimum Gasteiger partial charge on any atom is -0.390 e. The number of nitrogens with zero attached hydrogens (tertiary/aromatic N) is 1. The number of rotatable bonds is 8. The molecule has 3 rings (SSSR count). The normalized spacial score (nSPS) is 22.4. The van der Waals surface area contributed by atoms with Crippen molar-refractivity contribution in [3.05, 3.63) is 78.4 Å². The summed E-state index contributed by atoms with van der Waals surface area (Å²) in [5.41, 5.74) is 3.33. The first-order valence-electron chi connectivity index (χ1n) is 10.3. The largest absolute Gasteiger partial charge is 0.390 e. The van der Waals surface area contributed by atoms with E-state index in [1.807, 2.05) is 6.08 Å². The highest BCUT2D eigenvalue weighted by Crippen LogP contribution is 2.39. The van der Waals surface area contributed by atoms with E-state index in [4.69, 9.17) is 0 Å². The van der Waals surface area contributed by atoms with Gasteiger partial charge in [-0.2, -0.15) is 0 Å². The van der Waals surface area contributed by atoms with Crippen LogP contribution in [0.5, 0.6) is 0 Å². The summed E-state index contributed by atoms with van der Waals surface area (Å²) >= 11 is 0. The second kappa shape index (κ2) is 9.23. The Labute approximate surface area is 164 Å². The Kier molecular flexibility index (Phi) is 6.73. The molecule has 2 atom stereocenters. The molecule has 0 aromatic heterocycles. The Morgan fingerprint density at radius 1 is 1.07 bits per heavy atom. The lowest BCUT2D eigenvalue weighted by Gasteiger charge is -2.40. The van der Waals surface area contributed by atoms with Crippen LogP contribution in [-0.2, 0) is 12.8 Å². The molecule has 0 heterocycles. The summed E-state index contributed by atoms with van der Waals surface area (Å²) in [6.45, 7) is 4.66. The van der Waals surface area contributed by atoms with Gasteiger partial charge in [0.15, 0.2) is 0 Å². The van der Waals surface area contributed by atoms with Gasteiger partial charge in [0.1, 0.15) is 0 Å². The van der Waals surface area contributed by atoms with Gasteiger partial charge in [-0.3, -0.25) is 0 Å². The van der Waals surface area contributed by atoms with Crippen LogP contribution in [0.2, 0.25) is 0 Å². The summed E-state index contributed by atoms with van der Waals surface area (Å²) in [7, 11) is 2.08. The molecule has 0 amide bonds. The molecule has 0 aliphatic heterocycles. The smallest absolute Gasteiger partial charge is 0.0682 e. The minimum absolute atomic E-state index is 0.353. The van der Waals surface area contributed by atoms with E-state index < -0.39 is 5.60 Å². The number of benzene rings is 2. The molecule has 2 unspecified atom stereocenters. The van der Waals surface area contributed by atoms with Crippen LogP contribution in [0.4, 0.5) is 5.69 Å². The van der Waals surface area contributed by atoms with Crippen molar-refractivity contribution in [2.75, 3.05) is 18.5 Å². The van der Waals surface area contributed by atoms with Gasteiger partial charge in [-0.1, -0.05) is 61.4 Å². The third-order valence-electron chi connectivity index (χ3n) is 6.12. The minimum atomic E-state index is -0.535. The van der Waals surface area contributed by atoms with Gasteiger partial charge in [-0.05, 0) is 61.3 Å². The molecular formula is C25H33NO. The zero-order chi connectivity index (χ0) is 19.1. The van der Waals surface area contributed by atoms with Crippen molar-refractivity contribution in [3.8, 4) is 0 Å². The molecule has 2 nitrogen and oxygen atoms in total. The Morgan fingerprint density at radius 3 is 2.52 bits per heavy atom. The number of aliphatic hydroxyl groups is 1. The highest BCUT2D eigenvalue weighted by Gasteiger charge is 2.38. The first-order chi connectivity index (χ1) is 13.1. The van der Waals surface area contributed by atoms with Crippen LogP contribution in [0.1, 0.15) is 43.2 Å². The summed E-state index contributed by atoms with van der Waals surface area (Å²) in [6.07, 6.45) is 9.15. The predicted molar refractivity (Wildman–Crippen MR) is 115 cm³/mol. The van der Waals surface area contributed by atoms with Crippen LogP contribution < -0.4 is 4.90 Å². The quantitative estimate of drug-likeness (QED) is 0.634. The van der Waals surface area contributed by atoms with E-state index in [1.54, 1.807) is 0 Å². The highest BCUT2D eigenvalue weighted by atomic mass is 16.3. The molecule has 27 heavy (non-hydrogen) atoms. The van der Waals surface area contributed by atoms with E-state index in [-0.39, 0.29) is 0 Å². The van der Waals surface area contributed by atoms with Crippen LogP contribution in [0.25, 0.3) is 0 Å². The van der Waals surface area contributed by atoms with Gasteiger partial charge in [0.25, 0.3) is 0 Å². The van der Waals surface area contributed by atoms with Crippen LogP contribution >= 0.6 is 0 Å². The van der Waals surface area contributed by atoms with Gasteiger partial charge in [0.05, 0.1) is 5.60 Å². The molecule has 0 radical (unpaired) electrons. The lowest BCUT2D eigenvalue weighted by molar-refractivity contribution is -0.0545. The number of likely N-dealkylation sites (N-methyl/N-ethyl adjacent to an activating group) is 1. The summed E-state index contributed by atoms with van der Waals surface area (Å²) in [6, 6.07) is 19.4. The zero-order valence-corrected chi connectivity index (χ0v) is 16.6. The second-order valence-electron chi connectivity index (χ2n) is 8.07. The van der Waals surface area contributed by atoms with E-state index in [0.717, 1.165) is 45.1 Å². The predicted octanol–water partition coefficient (Wildman–Crippen LogP) is 5.41. The summed E-state index contributed by atoms with van der Waals surface area (Å²) in [4.78, 5) is 2.19. The van der Waals surface area contributed by atoms with Gasteiger partial charge in [-0.25, -0.2) is 0 Å². The van der Waals surface area contributed by atoms with Crippen molar-refractivity contribution >= 4 is 5.69 Å².